The van der Waals surface area contributed by atoms with E-state index in [2.05, 4.69) is 15.3 Å². The topological polar surface area (TPSA) is 67.0 Å². The van der Waals surface area contributed by atoms with Crippen LogP contribution in [-0.2, 0) is 11.3 Å². The van der Waals surface area contributed by atoms with Crippen LogP contribution in [-0.4, -0.2) is 28.2 Å². The van der Waals surface area contributed by atoms with Gasteiger partial charge in [-0.1, -0.05) is 41.6 Å². The molecule has 25 heavy (non-hydrogen) atoms. The fourth-order valence-corrected chi connectivity index (χ4v) is 3.38. The highest BCUT2D eigenvalue weighted by Gasteiger charge is 2.17. The van der Waals surface area contributed by atoms with Gasteiger partial charge in [0, 0.05) is 17.6 Å². The van der Waals surface area contributed by atoms with E-state index in [4.69, 9.17) is 16.3 Å². The first-order valence-corrected chi connectivity index (χ1v) is 9.04. The summed E-state index contributed by atoms with van der Waals surface area (Å²) in [7, 11) is 1.62. The predicted molar refractivity (Wildman–Crippen MR) is 101 cm³/mol. The van der Waals surface area contributed by atoms with Crippen LogP contribution in [0.2, 0.25) is 5.02 Å². The van der Waals surface area contributed by atoms with Crippen LogP contribution in [0.1, 0.15) is 12.5 Å². The molecule has 0 saturated heterocycles. The molecule has 2 N–H and O–H groups in total. The van der Waals surface area contributed by atoms with Gasteiger partial charge in [-0.3, -0.25) is 4.79 Å². The third-order valence-corrected chi connectivity index (χ3v) is 5.09. The minimum Gasteiger partial charge on any atom is -0.497 e. The van der Waals surface area contributed by atoms with Crippen LogP contribution < -0.4 is 10.1 Å². The fraction of sp³-hybridized carbons (Fsp3) is 0.222. The Morgan fingerprint density at radius 3 is 2.92 bits per heavy atom. The Kier molecular flexibility index (Phi) is 5.50. The van der Waals surface area contributed by atoms with Gasteiger partial charge in [-0.2, -0.15) is 0 Å². The number of fused-ring (bicyclic) bond motifs is 1. The molecule has 1 amide bonds. The van der Waals surface area contributed by atoms with E-state index in [1.807, 2.05) is 49.4 Å². The lowest BCUT2D eigenvalue weighted by Crippen LogP contribution is -2.30. The van der Waals surface area contributed by atoms with Gasteiger partial charge < -0.3 is 15.0 Å². The number of amides is 1. The number of hydrogen-bond acceptors (Lipinski definition) is 4. The summed E-state index contributed by atoms with van der Waals surface area (Å²) in [5, 5.41) is 3.96. The maximum atomic E-state index is 12.3. The number of carbonyl (C=O) groups excluding carboxylic acids is 1. The Hall–Kier alpha value is -2.18. The zero-order valence-electron chi connectivity index (χ0n) is 13.9. The van der Waals surface area contributed by atoms with Crippen molar-refractivity contribution < 1.29 is 9.53 Å². The highest BCUT2D eigenvalue weighted by molar-refractivity contribution is 8.00. The maximum Gasteiger partial charge on any atom is 0.233 e. The van der Waals surface area contributed by atoms with Crippen molar-refractivity contribution in [2.75, 3.05) is 7.11 Å². The predicted octanol–water partition coefficient (Wildman–Crippen LogP) is 4.02. The molecule has 0 aliphatic rings. The summed E-state index contributed by atoms with van der Waals surface area (Å²) in [6.45, 7) is 2.25. The molecule has 2 aromatic carbocycles. The second-order valence-electron chi connectivity index (χ2n) is 5.49. The first-order chi connectivity index (χ1) is 12.1. The molecule has 1 aromatic heterocycles. The average molecular weight is 376 g/mol. The lowest BCUT2D eigenvalue weighted by Gasteiger charge is -2.11. The second-order valence-corrected chi connectivity index (χ2v) is 7.23. The van der Waals surface area contributed by atoms with E-state index in [1.54, 1.807) is 7.11 Å². The van der Waals surface area contributed by atoms with Gasteiger partial charge in [-0.15, -0.1) is 0 Å². The molecule has 0 aliphatic heterocycles. The zero-order valence-corrected chi connectivity index (χ0v) is 15.4. The van der Waals surface area contributed by atoms with Crippen LogP contribution in [0, 0.1) is 0 Å². The molecular formula is C18H18ClN3O2S. The summed E-state index contributed by atoms with van der Waals surface area (Å²) in [6, 6.07) is 13.1. The van der Waals surface area contributed by atoms with Gasteiger partial charge in [-0.25, -0.2) is 4.98 Å². The number of hydrogen-bond donors (Lipinski definition) is 2. The van der Waals surface area contributed by atoms with E-state index in [0.717, 1.165) is 22.3 Å². The van der Waals surface area contributed by atoms with Crippen molar-refractivity contribution in [3.63, 3.8) is 0 Å². The van der Waals surface area contributed by atoms with Crippen molar-refractivity contribution in [2.24, 2.45) is 0 Å². The smallest absolute Gasteiger partial charge is 0.233 e. The van der Waals surface area contributed by atoms with Gasteiger partial charge in [0.25, 0.3) is 0 Å². The summed E-state index contributed by atoms with van der Waals surface area (Å²) in [5.41, 5.74) is 2.61. The molecule has 5 nitrogen and oxygen atoms in total. The van der Waals surface area contributed by atoms with Crippen molar-refractivity contribution in [3.8, 4) is 5.75 Å². The summed E-state index contributed by atoms with van der Waals surface area (Å²) >= 11 is 7.48. The molecule has 0 radical (unpaired) electrons. The van der Waals surface area contributed by atoms with Crippen molar-refractivity contribution in [2.45, 2.75) is 23.9 Å². The van der Waals surface area contributed by atoms with E-state index < -0.39 is 0 Å². The first kappa shape index (κ1) is 17.6. The van der Waals surface area contributed by atoms with Crippen LogP contribution in [0.4, 0.5) is 0 Å². The molecule has 0 bridgehead atoms. The van der Waals surface area contributed by atoms with Crippen LogP contribution in [0.25, 0.3) is 11.0 Å². The molecule has 0 fully saturated rings. The minimum absolute atomic E-state index is 0.0667. The van der Waals surface area contributed by atoms with E-state index in [9.17, 15) is 4.79 Å². The standard InChI is InChI=1S/C18H18ClN3O2S/c1-11(17(23)20-10-12-5-3-4-6-14(12)19)25-18-21-15-8-7-13(24-2)9-16(15)22-18/h3-9,11H,10H2,1-2H3,(H,20,23)(H,21,22). The van der Waals surface area contributed by atoms with E-state index >= 15 is 0 Å². The molecule has 3 aromatic rings. The lowest BCUT2D eigenvalue weighted by molar-refractivity contribution is -0.120. The molecule has 0 spiro atoms. The summed E-state index contributed by atoms with van der Waals surface area (Å²) in [4.78, 5) is 20.0. The van der Waals surface area contributed by atoms with Gasteiger partial charge in [0.1, 0.15) is 5.75 Å². The minimum atomic E-state index is -0.287. The van der Waals surface area contributed by atoms with Crippen LogP contribution in [0.15, 0.2) is 47.6 Å². The quantitative estimate of drug-likeness (QED) is 0.638. The lowest BCUT2D eigenvalue weighted by atomic mass is 10.2. The SMILES string of the molecule is COc1ccc2nc(SC(C)C(=O)NCc3ccccc3Cl)[nH]c2c1. The van der Waals surface area contributed by atoms with E-state index in [1.165, 1.54) is 11.8 Å². The Bertz CT molecular complexity index is 897. The number of methoxy groups -OCH3 is 1. The number of thioether (sulfide) groups is 1. The number of H-pyrrole nitrogens is 1. The number of benzene rings is 2. The fourth-order valence-electron chi connectivity index (χ4n) is 2.34. The molecule has 0 aliphatic carbocycles. The molecule has 0 saturated carbocycles. The van der Waals surface area contributed by atoms with Gasteiger partial charge in [0.05, 0.1) is 23.4 Å². The second kappa shape index (κ2) is 7.80. The molecule has 130 valence electrons. The Balaban J connectivity index is 1.62. The number of aromatic amines is 1. The van der Waals surface area contributed by atoms with Crippen molar-refractivity contribution in [3.05, 3.63) is 53.1 Å². The number of halogens is 1. The third-order valence-electron chi connectivity index (χ3n) is 3.74. The summed E-state index contributed by atoms with van der Waals surface area (Å²) < 4.78 is 5.21. The van der Waals surface area contributed by atoms with E-state index in [0.29, 0.717) is 16.7 Å². The normalized spacial score (nSPS) is 12.1. The number of aromatic nitrogens is 2. The zero-order chi connectivity index (χ0) is 17.8. The van der Waals surface area contributed by atoms with Gasteiger partial charge in [-0.05, 0) is 30.7 Å². The van der Waals surface area contributed by atoms with Gasteiger partial charge in [0.15, 0.2) is 5.16 Å². The molecule has 1 atom stereocenters. The van der Waals surface area contributed by atoms with E-state index in [-0.39, 0.29) is 11.2 Å². The highest BCUT2D eigenvalue weighted by atomic mass is 35.5. The number of nitrogens with one attached hydrogen (secondary N) is 2. The number of rotatable bonds is 6. The molecule has 7 heteroatoms. The monoisotopic (exact) mass is 375 g/mol. The van der Waals surface area contributed by atoms with Crippen LogP contribution in [0.3, 0.4) is 0 Å². The number of nitrogens with zero attached hydrogens (tertiary/aromatic N) is 1. The molecule has 1 heterocycles. The first-order valence-electron chi connectivity index (χ1n) is 7.78. The average Bonchev–Trinajstić information content (AvgIpc) is 3.01. The molecule has 1 unspecified atom stereocenters. The Morgan fingerprint density at radius 1 is 1.36 bits per heavy atom. The Morgan fingerprint density at radius 2 is 2.16 bits per heavy atom. The number of imidazole rings is 1. The third kappa shape index (κ3) is 4.27. The van der Waals surface area contributed by atoms with Gasteiger partial charge in [0.2, 0.25) is 5.91 Å². The van der Waals surface area contributed by atoms with Crippen molar-refractivity contribution in [1.82, 2.24) is 15.3 Å². The van der Waals surface area contributed by atoms with Crippen LogP contribution >= 0.6 is 23.4 Å². The molecule has 3 rings (SSSR count). The largest absolute Gasteiger partial charge is 0.497 e. The summed E-state index contributed by atoms with van der Waals surface area (Å²) in [5.74, 6) is 0.696. The van der Waals surface area contributed by atoms with Gasteiger partial charge >= 0.3 is 0 Å². The number of carbonyl (C=O) groups is 1. The van der Waals surface area contributed by atoms with Crippen LogP contribution in [0.5, 0.6) is 5.75 Å². The van der Waals surface area contributed by atoms with Crippen molar-refractivity contribution in [1.29, 1.82) is 0 Å². The molecular weight excluding hydrogens is 358 g/mol. The Labute approximate surface area is 155 Å². The summed E-state index contributed by atoms with van der Waals surface area (Å²) in [6.07, 6.45) is 0. The highest BCUT2D eigenvalue weighted by Crippen LogP contribution is 2.26. The maximum absolute atomic E-state index is 12.3. The van der Waals surface area contributed by atoms with Crippen molar-refractivity contribution >= 4 is 40.3 Å². The number of ether oxygens (including phenoxy) is 1.